The van der Waals surface area contributed by atoms with Gasteiger partial charge in [-0.3, -0.25) is 9.82 Å². The number of nitrogens with zero attached hydrogens (tertiary/aromatic N) is 1. The standard InChI is InChI=1S/C9H8F2N4O2S/c10-6-2-1-5(3-7(6)11)18(16,17)15-9-8(12)4-13-14-9/h1-4H,12H2,(H2,13,14,15). The Morgan fingerprint density at radius 2 is 2.00 bits per heavy atom. The summed E-state index contributed by atoms with van der Waals surface area (Å²) in [5.74, 6) is -2.43. The Labute approximate surface area is 101 Å². The van der Waals surface area contributed by atoms with Crippen molar-refractivity contribution in [1.82, 2.24) is 10.2 Å². The van der Waals surface area contributed by atoms with Crippen LogP contribution in [0.3, 0.4) is 0 Å². The zero-order chi connectivity index (χ0) is 13.3. The minimum absolute atomic E-state index is 0.0419. The summed E-state index contributed by atoms with van der Waals surface area (Å²) < 4.78 is 51.4. The van der Waals surface area contributed by atoms with E-state index in [4.69, 9.17) is 5.73 Å². The molecule has 0 saturated heterocycles. The zero-order valence-corrected chi connectivity index (χ0v) is 9.63. The monoisotopic (exact) mass is 274 g/mol. The number of halogens is 2. The lowest BCUT2D eigenvalue weighted by atomic mass is 10.3. The molecule has 0 bridgehead atoms. The maximum atomic E-state index is 13.0. The predicted molar refractivity (Wildman–Crippen MR) is 60.2 cm³/mol. The number of anilines is 2. The molecule has 1 aromatic heterocycles. The third-order valence-electron chi connectivity index (χ3n) is 2.11. The van der Waals surface area contributed by atoms with Gasteiger partial charge in [-0.2, -0.15) is 5.10 Å². The van der Waals surface area contributed by atoms with Crippen molar-refractivity contribution < 1.29 is 17.2 Å². The van der Waals surface area contributed by atoms with Gasteiger partial charge in [0, 0.05) is 0 Å². The first-order valence-corrected chi connectivity index (χ1v) is 6.15. The molecule has 0 fully saturated rings. The Morgan fingerprint density at radius 1 is 1.28 bits per heavy atom. The largest absolute Gasteiger partial charge is 0.394 e. The molecular formula is C9H8F2N4O2S. The van der Waals surface area contributed by atoms with Crippen LogP contribution in [0.5, 0.6) is 0 Å². The highest BCUT2D eigenvalue weighted by atomic mass is 32.2. The number of sulfonamides is 1. The fraction of sp³-hybridized carbons (Fsp3) is 0. The van der Waals surface area contributed by atoms with E-state index in [0.29, 0.717) is 6.07 Å². The molecule has 2 aromatic rings. The third kappa shape index (κ3) is 2.25. The van der Waals surface area contributed by atoms with Crippen molar-refractivity contribution in [2.24, 2.45) is 0 Å². The van der Waals surface area contributed by atoms with Crippen molar-refractivity contribution in [3.05, 3.63) is 36.0 Å². The summed E-state index contributed by atoms with van der Waals surface area (Å²) in [7, 11) is -4.05. The number of nitrogen functional groups attached to an aromatic ring is 1. The molecule has 96 valence electrons. The molecule has 0 atom stereocenters. The normalized spacial score (nSPS) is 11.4. The van der Waals surface area contributed by atoms with Crippen LogP contribution in [0.4, 0.5) is 20.3 Å². The number of aromatic nitrogens is 2. The summed E-state index contributed by atoms with van der Waals surface area (Å²) in [6.07, 6.45) is 1.21. The minimum Gasteiger partial charge on any atom is -0.394 e. The first-order valence-electron chi connectivity index (χ1n) is 4.67. The molecule has 9 heteroatoms. The second kappa shape index (κ2) is 4.26. The fourth-order valence-electron chi connectivity index (χ4n) is 1.21. The lowest BCUT2D eigenvalue weighted by Crippen LogP contribution is -2.14. The first-order chi connectivity index (χ1) is 8.40. The fourth-order valence-corrected chi connectivity index (χ4v) is 2.27. The van der Waals surface area contributed by atoms with Crippen LogP contribution in [0.2, 0.25) is 0 Å². The van der Waals surface area contributed by atoms with E-state index in [1.807, 2.05) is 0 Å². The van der Waals surface area contributed by atoms with Crippen molar-refractivity contribution in [2.45, 2.75) is 4.90 Å². The van der Waals surface area contributed by atoms with E-state index in [0.717, 1.165) is 12.1 Å². The van der Waals surface area contributed by atoms with Crippen molar-refractivity contribution in [3.8, 4) is 0 Å². The highest BCUT2D eigenvalue weighted by Crippen LogP contribution is 2.20. The summed E-state index contributed by atoms with van der Waals surface area (Å²) in [6, 6.07) is 2.23. The van der Waals surface area contributed by atoms with Gasteiger partial charge >= 0.3 is 0 Å². The summed E-state index contributed by atoms with van der Waals surface area (Å²) in [5.41, 5.74) is 5.51. The van der Waals surface area contributed by atoms with Crippen molar-refractivity contribution in [2.75, 3.05) is 10.5 Å². The van der Waals surface area contributed by atoms with E-state index in [9.17, 15) is 17.2 Å². The number of hydrogen-bond donors (Lipinski definition) is 3. The summed E-state index contributed by atoms with van der Waals surface area (Å²) in [5, 5.41) is 5.84. The quantitative estimate of drug-likeness (QED) is 0.779. The molecule has 0 aliphatic heterocycles. The van der Waals surface area contributed by atoms with Gasteiger partial charge in [-0.15, -0.1) is 0 Å². The number of nitrogens with one attached hydrogen (secondary N) is 2. The second-order valence-corrected chi connectivity index (χ2v) is 5.06. The molecule has 0 aliphatic rings. The topological polar surface area (TPSA) is 101 Å². The maximum absolute atomic E-state index is 13.0. The highest BCUT2D eigenvalue weighted by Gasteiger charge is 2.18. The number of H-pyrrole nitrogens is 1. The average Bonchev–Trinajstić information content (AvgIpc) is 2.67. The van der Waals surface area contributed by atoms with E-state index in [2.05, 4.69) is 14.9 Å². The third-order valence-corrected chi connectivity index (χ3v) is 3.45. The summed E-state index contributed by atoms with van der Waals surface area (Å²) >= 11 is 0. The second-order valence-electron chi connectivity index (χ2n) is 3.38. The molecular weight excluding hydrogens is 266 g/mol. The van der Waals surface area contributed by atoms with Gasteiger partial charge in [-0.1, -0.05) is 0 Å². The lowest BCUT2D eigenvalue weighted by Gasteiger charge is -2.06. The van der Waals surface area contributed by atoms with Crippen LogP contribution in [-0.2, 0) is 10.0 Å². The van der Waals surface area contributed by atoms with Gasteiger partial charge in [0.1, 0.15) is 0 Å². The van der Waals surface area contributed by atoms with Crippen LogP contribution in [0.1, 0.15) is 0 Å². The van der Waals surface area contributed by atoms with Crippen LogP contribution >= 0.6 is 0 Å². The van der Waals surface area contributed by atoms with E-state index in [-0.39, 0.29) is 11.5 Å². The average molecular weight is 274 g/mol. The van der Waals surface area contributed by atoms with Gasteiger partial charge in [0.2, 0.25) is 0 Å². The molecule has 6 nitrogen and oxygen atoms in total. The van der Waals surface area contributed by atoms with E-state index < -0.39 is 26.6 Å². The minimum atomic E-state index is -4.05. The molecule has 0 amide bonds. The van der Waals surface area contributed by atoms with Gasteiger partial charge in [-0.25, -0.2) is 17.2 Å². The number of hydrogen-bond acceptors (Lipinski definition) is 4. The van der Waals surface area contributed by atoms with E-state index in [1.165, 1.54) is 6.20 Å². The molecule has 4 N–H and O–H groups in total. The van der Waals surface area contributed by atoms with Crippen molar-refractivity contribution >= 4 is 21.5 Å². The lowest BCUT2D eigenvalue weighted by molar-refractivity contribution is 0.504. The molecule has 0 radical (unpaired) electrons. The molecule has 0 aliphatic carbocycles. The smallest absolute Gasteiger partial charge is 0.263 e. The maximum Gasteiger partial charge on any atom is 0.263 e. The zero-order valence-electron chi connectivity index (χ0n) is 8.81. The Bertz CT molecular complexity index is 684. The summed E-state index contributed by atoms with van der Waals surface area (Å²) in [6.45, 7) is 0. The first kappa shape index (κ1) is 12.3. The molecule has 18 heavy (non-hydrogen) atoms. The van der Waals surface area contributed by atoms with Gasteiger partial charge in [-0.05, 0) is 18.2 Å². The molecule has 0 spiro atoms. The van der Waals surface area contributed by atoms with Crippen molar-refractivity contribution in [3.63, 3.8) is 0 Å². The van der Waals surface area contributed by atoms with E-state index >= 15 is 0 Å². The Hall–Kier alpha value is -2.16. The highest BCUT2D eigenvalue weighted by molar-refractivity contribution is 7.92. The number of nitrogens with two attached hydrogens (primary N) is 1. The number of aromatic amines is 1. The Morgan fingerprint density at radius 3 is 2.56 bits per heavy atom. The SMILES string of the molecule is Nc1cn[nH]c1NS(=O)(=O)c1ccc(F)c(F)c1. The van der Waals surface area contributed by atoms with Crippen molar-refractivity contribution in [1.29, 1.82) is 0 Å². The van der Waals surface area contributed by atoms with Crippen LogP contribution in [0, 0.1) is 11.6 Å². The molecule has 1 heterocycles. The number of benzene rings is 1. The number of rotatable bonds is 3. The van der Waals surface area contributed by atoms with E-state index in [1.54, 1.807) is 0 Å². The predicted octanol–water partition coefficient (Wildman–Crippen LogP) is 1.07. The molecule has 0 saturated carbocycles. The Balaban J connectivity index is 2.37. The molecule has 2 rings (SSSR count). The molecule has 1 aromatic carbocycles. The van der Waals surface area contributed by atoms with Gasteiger partial charge in [0.15, 0.2) is 17.5 Å². The van der Waals surface area contributed by atoms with Crippen LogP contribution in [0.25, 0.3) is 0 Å². The van der Waals surface area contributed by atoms with Gasteiger partial charge in [0.05, 0.1) is 16.8 Å². The molecule has 0 unspecified atom stereocenters. The van der Waals surface area contributed by atoms with Crippen LogP contribution in [-0.4, -0.2) is 18.6 Å². The van der Waals surface area contributed by atoms with Crippen LogP contribution in [0.15, 0.2) is 29.3 Å². The Kier molecular flexibility index (Phi) is 2.91. The van der Waals surface area contributed by atoms with Gasteiger partial charge in [0.25, 0.3) is 10.0 Å². The van der Waals surface area contributed by atoms with Gasteiger partial charge < -0.3 is 5.73 Å². The summed E-state index contributed by atoms with van der Waals surface area (Å²) in [4.78, 5) is -0.421. The van der Waals surface area contributed by atoms with Crippen LogP contribution < -0.4 is 10.5 Å².